The molecule has 43 heavy (non-hydrogen) atoms. The van der Waals surface area contributed by atoms with E-state index in [1.807, 2.05) is 49.4 Å². The lowest BCUT2D eigenvalue weighted by molar-refractivity contribution is -0.188. The zero-order chi connectivity index (χ0) is 30.9. The van der Waals surface area contributed by atoms with Crippen molar-refractivity contribution in [2.75, 3.05) is 5.32 Å². The summed E-state index contributed by atoms with van der Waals surface area (Å²) >= 11 is 0. The van der Waals surface area contributed by atoms with E-state index in [-0.39, 0.29) is 53.7 Å². The molecule has 3 aromatic carbocycles. The summed E-state index contributed by atoms with van der Waals surface area (Å²) in [6.07, 6.45) is -6.95. The summed E-state index contributed by atoms with van der Waals surface area (Å²) in [4.78, 5) is 13.4. The zero-order valence-corrected chi connectivity index (χ0v) is 23.9. The fourth-order valence-corrected chi connectivity index (χ4v) is 4.68. The van der Waals surface area contributed by atoms with Crippen LogP contribution in [0.2, 0.25) is 0 Å². The monoisotopic (exact) mass is 598 g/mol. The van der Waals surface area contributed by atoms with Crippen molar-refractivity contribution >= 4 is 22.4 Å². The molecule has 0 amide bonds. The van der Waals surface area contributed by atoms with Crippen molar-refractivity contribution in [3.63, 3.8) is 0 Å². The first-order chi connectivity index (χ1) is 20.5. The van der Waals surface area contributed by atoms with Gasteiger partial charge in [0.2, 0.25) is 0 Å². The van der Waals surface area contributed by atoms with Gasteiger partial charge < -0.3 is 14.8 Å². The highest BCUT2D eigenvalue weighted by Gasteiger charge is 2.39. The molecular formula is C30H30F4N6O3. The number of halogens is 4. The highest BCUT2D eigenvalue weighted by atomic mass is 19.4. The van der Waals surface area contributed by atoms with E-state index in [0.717, 1.165) is 28.8 Å². The van der Waals surface area contributed by atoms with Crippen LogP contribution in [0.25, 0.3) is 16.6 Å². The van der Waals surface area contributed by atoms with E-state index in [2.05, 4.69) is 15.5 Å². The average Bonchev–Trinajstić information content (AvgIpc) is 3.47. The Morgan fingerprint density at radius 2 is 1.72 bits per heavy atom. The normalized spacial score (nSPS) is 12.6. The van der Waals surface area contributed by atoms with Crippen molar-refractivity contribution in [3.05, 3.63) is 93.9 Å². The van der Waals surface area contributed by atoms with Gasteiger partial charge in [-0.15, -0.1) is 5.10 Å². The molecule has 9 nitrogen and oxygen atoms in total. The van der Waals surface area contributed by atoms with Crippen LogP contribution in [-0.2, 0) is 31.5 Å². The summed E-state index contributed by atoms with van der Waals surface area (Å²) in [6.45, 7) is 4.81. The molecule has 0 bridgehead atoms. The maximum atomic E-state index is 16.3. The quantitative estimate of drug-likeness (QED) is 0.193. The molecule has 0 saturated carbocycles. The van der Waals surface area contributed by atoms with E-state index < -0.39 is 23.8 Å². The van der Waals surface area contributed by atoms with Crippen molar-refractivity contribution in [2.24, 2.45) is 7.05 Å². The van der Waals surface area contributed by atoms with E-state index in [9.17, 15) is 18.0 Å². The van der Waals surface area contributed by atoms with Crippen LogP contribution in [0.3, 0.4) is 0 Å². The Morgan fingerprint density at radius 1 is 1.02 bits per heavy atom. The maximum Gasteiger partial charge on any atom is 0.425 e. The molecule has 1 N–H and O–H groups in total. The van der Waals surface area contributed by atoms with E-state index in [1.54, 1.807) is 19.1 Å². The number of hydrogen-bond acceptors (Lipinski definition) is 6. The molecule has 0 aliphatic rings. The van der Waals surface area contributed by atoms with Crippen molar-refractivity contribution in [1.82, 2.24) is 24.1 Å². The van der Waals surface area contributed by atoms with Gasteiger partial charge in [-0.05, 0) is 38.0 Å². The van der Waals surface area contributed by atoms with Crippen LogP contribution in [0.15, 0.2) is 65.5 Å². The predicted octanol–water partition coefficient (Wildman–Crippen LogP) is 6.18. The van der Waals surface area contributed by atoms with E-state index >= 15 is 4.39 Å². The van der Waals surface area contributed by atoms with Crippen LogP contribution in [0.1, 0.15) is 30.8 Å². The minimum atomic E-state index is -4.71. The molecule has 1 atom stereocenters. The minimum absolute atomic E-state index is 0.0162. The van der Waals surface area contributed by atoms with Crippen molar-refractivity contribution in [1.29, 1.82) is 0 Å². The summed E-state index contributed by atoms with van der Waals surface area (Å²) in [5.41, 5.74) is 1.13. The lowest BCUT2D eigenvalue weighted by Gasteiger charge is -2.19. The zero-order valence-electron chi connectivity index (χ0n) is 23.9. The number of hydrogen-bond donors (Lipinski definition) is 1. The summed E-state index contributed by atoms with van der Waals surface area (Å²) in [5, 5.41) is 11.7. The topological polar surface area (TPSA) is 88.1 Å². The molecule has 0 spiro atoms. The van der Waals surface area contributed by atoms with Crippen LogP contribution in [-0.4, -0.2) is 36.4 Å². The van der Waals surface area contributed by atoms with Crippen molar-refractivity contribution < 1.29 is 27.0 Å². The highest BCUT2D eigenvalue weighted by molar-refractivity contribution is 5.99. The number of nitrogens with zero attached hydrogens (tertiary/aromatic N) is 5. The highest BCUT2D eigenvalue weighted by Crippen LogP contribution is 2.40. The summed E-state index contributed by atoms with van der Waals surface area (Å²) in [6, 6.07) is 17.6. The summed E-state index contributed by atoms with van der Waals surface area (Å²) < 4.78 is 71.6. The van der Waals surface area contributed by atoms with Gasteiger partial charge >= 0.3 is 11.9 Å². The smallest absolute Gasteiger partial charge is 0.425 e. The van der Waals surface area contributed by atoms with Crippen LogP contribution >= 0.6 is 0 Å². The van der Waals surface area contributed by atoms with Gasteiger partial charge in [-0.3, -0.25) is 9.25 Å². The molecule has 0 radical (unpaired) electrons. The second kappa shape index (κ2) is 11.9. The summed E-state index contributed by atoms with van der Waals surface area (Å²) in [7, 11) is 1.45. The third-order valence-corrected chi connectivity index (χ3v) is 6.98. The van der Waals surface area contributed by atoms with Gasteiger partial charge in [-0.2, -0.15) is 23.0 Å². The first-order valence-corrected chi connectivity index (χ1v) is 13.6. The largest absolute Gasteiger partial charge is 0.480 e. The predicted molar refractivity (Wildman–Crippen MR) is 153 cm³/mol. The second-order valence-electron chi connectivity index (χ2n) is 9.98. The Hall–Kier alpha value is -4.65. The van der Waals surface area contributed by atoms with E-state index in [1.165, 1.54) is 16.3 Å². The first-order valence-electron chi connectivity index (χ1n) is 13.6. The van der Waals surface area contributed by atoms with Gasteiger partial charge in [0.25, 0.3) is 0 Å². The van der Waals surface area contributed by atoms with Gasteiger partial charge in [0, 0.05) is 25.3 Å². The molecular weight excluding hydrogens is 568 g/mol. The van der Waals surface area contributed by atoms with Gasteiger partial charge in [0.05, 0.1) is 12.0 Å². The van der Waals surface area contributed by atoms with Gasteiger partial charge in [-0.25, -0.2) is 9.18 Å². The van der Waals surface area contributed by atoms with Crippen LogP contribution in [0, 0.1) is 12.7 Å². The lowest BCUT2D eigenvalue weighted by Crippen LogP contribution is -2.31. The second-order valence-corrected chi connectivity index (χ2v) is 9.98. The molecule has 0 fully saturated rings. The Morgan fingerprint density at radius 3 is 2.40 bits per heavy atom. The number of aryl methyl sites for hydroxylation is 2. The fraction of sp³-hybridized carbons (Fsp3) is 0.300. The summed E-state index contributed by atoms with van der Waals surface area (Å²) in [5.74, 6) is -0.918. The molecule has 2 aromatic heterocycles. The molecule has 13 heteroatoms. The number of rotatable bonds is 10. The van der Waals surface area contributed by atoms with Gasteiger partial charge in [-0.1, -0.05) is 48.5 Å². The number of nitrogens with one attached hydrogen (secondary N) is 1. The molecule has 5 rings (SSSR count). The fourth-order valence-electron chi connectivity index (χ4n) is 4.68. The Bertz CT molecular complexity index is 1810. The average molecular weight is 599 g/mol. The number of alkyl halides is 3. The standard InChI is InChI=1S/C30H30F4N6O3/c1-5-39-24(17-42-16-20-12-7-6-8-13-20)36-40(29(39)41)22-15-23(43-19(3)30(32,33)34)25-27(26(22)31)38(4)37-28(25)35-21-14-10-9-11-18(21)2/h6-15,19H,5,16-17H2,1-4H3,(H,35,37). The van der Waals surface area contributed by atoms with Crippen LogP contribution < -0.4 is 15.7 Å². The number of ether oxygens (including phenoxy) is 2. The number of aromatic nitrogens is 5. The van der Waals surface area contributed by atoms with E-state index in [0.29, 0.717) is 5.69 Å². The molecule has 0 aliphatic heterocycles. The SMILES string of the molecule is CCn1c(COCc2ccccc2)nn(-c2cc(OC(C)C(F)(F)F)c3c(Nc4ccccc4C)nn(C)c3c2F)c1=O. The maximum absolute atomic E-state index is 16.3. The third-order valence-electron chi connectivity index (χ3n) is 6.98. The van der Waals surface area contributed by atoms with Gasteiger partial charge in [0.1, 0.15) is 23.6 Å². The molecule has 226 valence electrons. The molecule has 0 aliphatic carbocycles. The molecule has 5 aromatic rings. The Labute approximate surface area is 244 Å². The first kappa shape index (κ1) is 29.8. The van der Waals surface area contributed by atoms with Gasteiger partial charge in [0.15, 0.2) is 23.6 Å². The Kier molecular flexibility index (Phi) is 8.27. The van der Waals surface area contributed by atoms with Crippen molar-refractivity contribution in [3.8, 4) is 11.4 Å². The number of anilines is 2. The number of benzene rings is 3. The van der Waals surface area contributed by atoms with Crippen LogP contribution in [0.4, 0.5) is 29.1 Å². The van der Waals surface area contributed by atoms with Crippen molar-refractivity contribution in [2.45, 2.75) is 52.8 Å². The third kappa shape index (κ3) is 5.98. The number of fused-ring (bicyclic) bond motifs is 1. The van der Waals surface area contributed by atoms with Crippen LogP contribution in [0.5, 0.6) is 5.75 Å². The Balaban J connectivity index is 1.62. The van der Waals surface area contributed by atoms with E-state index in [4.69, 9.17) is 9.47 Å². The molecule has 1 unspecified atom stereocenters. The molecule has 2 heterocycles. The lowest BCUT2D eigenvalue weighted by atomic mass is 10.1. The molecule has 0 saturated heterocycles. The number of para-hydroxylation sites is 1. The minimum Gasteiger partial charge on any atom is -0.480 e.